The van der Waals surface area contributed by atoms with E-state index in [0.29, 0.717) is 24.0 Å². The van der Waals surface area contributed by atoms with E-state index in [4.69, 9.17) is 18.3 Å². The molecule has 320 valence electrons. The summed E-state index contributed by atoms with van der Waals surface area (Å²) in [6.45, 7) is 19.9. The topological polar surface area (TPSA) is 169 Å². The van der Waals surface area contributed by atoms with E-state index in [1.807, 2.05) is 134 Å². The zero-order chi connectivity index (χ0) is 44.1. The van der Waals surface area contributed by atoms with Crippen molar-refractivity contribution in [1.29, 1.82) is 0 Å². The number of hydrogen-bond acceptors (Lipinski definition) is 11. The second-order valence-electron chi connectivity index (χ2n) is 16.2. The molecule has 3 rings (SSSR count). The number of carbonyl (C=O) groups excluding carboxylic acids is 3. The van der Waals surface area contributed by atoms with Crippen molar-refractivity contribution in [3.05, 3.63) is 141 Å². The van der Waals surface area contributed by atoms with Gasteiger partial charge in [-0.15, -0.1) is 0 Å². The maximum Gasteiger partial charge on any atom is 0.377 e. The summed E-state index contributed by atoms with van der Waals surface area (Å²) in [5.41, 5.74) is 6.60. The molecule has 0 saturated carbocycles. The molecule has 13 heteroatoms. The molecule has 0 aromatic carbocycles. The van der Waals surface area contributed by atoms with Crippen molar-refractivity contribution >= 4 is 35.2 Å². The van der Waals surface area contributed by atoms with Crippen LogP contribution in [0.2, 0.25) is 0 Å². The summed E-state index contributed by atoms with van der Waals surface area (Å²) in [6.07, 6.45) is 26.6. The molecule has 3 aliphatic rings. The number of esters is 1. The van der Waals surface area contributed by atoms with Gasteiger partial charge in [0, 0.05) is 6.42 Å². The fourth-order valence-electron chi connectivity index (χ4n) is 6.85. The number of ether oxygens (including phenoxy) is 1. The van der Waals surface area contributed by atoms with Crippen molar-refractivity contribution in [2.75, 3.05) is 6.61 Å². The second-order valence-corrected chi connectivity index (χ2v) is 17.6. The van der Waals surface area contributed by atoms with E-state index >= 15 is 0 Å². The van der Waals surface area contributed by atoms with E-state index in [1.165, 1.54) is 0 Å². The quantitative estimate of drug-likeness (QED) is 0.0448. The molecular weight excluding hydrogens is 790 g/mol. The lowest BCUT2D eigenvalue weighted by atomic mass is 9.71. The lowest BCUT2D eigenvalue weighted by Gasteiger charge is -2.36. The zero-order valence-corrected chi connectivity index (χ0v) is 37.6. The fourth-order valence-corrected chi connectivity index (χ4v) is 7.83. The Kier molecular flexibility index (Phi) is 18.8. The van der Waals surface area contributed by atoms with Gasteiger partial charge in [-0.2, -0.15) is 0 Å². The standard InChI is InChI=1S/C46H60O11P2/c1-29(15-11-12-16-30(2)18-14-20-32(4)22-24-36-34(6)41(48)39(57-59(52)53)28-46(36,9)10)17-13-19-31(3)21-23-35-33(5)40(47)38(27-45(35,7)8)56-58-54-26-25-37-42(49)43(50)44(51)55-37/h11-24,37-39,49-50,52-53,58H,25-28H2,1-10H3/b12-11+,17-13+,18-14+,23-21+,24-22+,29-15+,30-16+,31-19+,32-20+. The van der Waals surface area contributed by atoms with Gasteiger partial charge in [0.2, 0.25) is 5.76 Å². The van der Waals surface area contributed by atoms with Gasteiger partial charge < -0.3 is 38.3 Å². The third-order valence-electron chi connectivity index (χ3n) is 10.2. The van der Waals surface area contributed by atoms with Crippen molar-refractivity contribution in [2.24, 2.45) is 10.8 Å². The van der Waals surface area contributed by atoms with Crippen LogP contribution in [-0.2, 0) is 32.7 Å². The van der Waals surface area contributed by atoms with Crippen molar-refractivity contribution in [2.45, 2.75) is 107 Å². The minimum Gasteiger partial charge on any atom is -0.505 e. The average Bonchev–Trinajstić information content (AvgIpc) is 3.39. The maximum absolute atomic E-state index is 13.2. The first-order valence-corrected chi connectivity index (χ1v) is 21.4. The van der Waals surface area contributed by atoms with Crippen LogP contribution in [0.1, 0.15) is 88.5 Å². The number of aliphatic hydroxyl groups excluding tert-OH is 2. The first kappa shape index (κ1) is 49.3. The minimum atomic E-state index is -2.60. The molecule has 59 heavy (non-hydrogen) atoms. The van der Waals surface area contributed by atoms with Crippen LogP contribution in [0.4, 0.5) is 0 Å². The van der Waals surface area contributed by atoms with Crippen LogP contribution in [0, 0.1) is 10.8 Å². The van der Waals surface area contributed by atoms with E-state index < -0.39 is 53.4 Å². The van der Waals surface area contributed by atoms with Gasteiger partial charge in [-0.3, -0.25) is 9.59 Å². The number of Topliss-reactive ketones (excluding diaryl/α,β-unsaturated/α-hetero) is 2. The molecule has 0 spiro atoms. The van der Waals surface area contributed by atoms with Crippen LogP contribution < -0.4 is 0 Å². The second kappa shape index (κ2) is 22.5. The lowest BCUT2D eigenvalue weighted by molar-refractivity contribution is -0.142. The van der Waals surface area contributed by atoms with Gasteiger partial charge in [0.1, 0.15) is 12.2 Å². The molecule has 11 nitrogen and oxygen atoms in total. The van der Waals surface area contributed by atoms with Gasteiger partial charge in [0.05, 0.1) is 6.61 Å². The number of carbonyl (C=O) groups is 3. The third kappa shape index (κ3) is 14.9. The fraction of sp³-hybridized carbons (Fsp3) is 0.413. The summed E-state index contributed by atoms with van der Waals surface area (Å²) in [4.78, 5) is 55.7. The Labute approximate surface area is 352 Å². The van der Waals surface area contributed by atoms with Crippen molar-refractivity contribution in [1.82, 2.24) is 0 Å². The van der Waals surface area contributed by atoms with E-state index in [1.54, 1.807) is 6.92 Å². The summed E-state index contributed by atoms with van der Waals surface area (Å²) in [6, 6.07) is 0. The van der Waals surface area contributed by atoms with Crippen molar-refractivity contribution in [3.63, 3.8) is 0 Å². The molecule has 0 radical (unpaired) electrons. The number of rotatable bonds is 18. The molecule has 0 amide bonds. The molecule has 0 bridgehead atoms. The Morgan fingerprint density at radius 1 is 0.729 bits per heavy atom. The van der Waals surface area contributed by atoms with Crippen molar-refractivity contribution in [3.8, 4) is 0 Å². The SMILES string of the molecule is CC1=C(/C=C/C(C)=C/C=C/C(C)=C/C=C/C=C(C)/C=C/C=C(C)/C=C/C2=C(C)C(=O)C(OP(O)O)CC2(C)C)C(C)(C)CC(OPOCCC2OC(=O)C(O)=C2O)C1=O. The number of aliphatic hydroxyl groups is 2. The van der Waals surface area contributed by atoms with Gasteiger partial charge in [-0.25, -0.2) is 4.79 Å². The molecule has 0 saturated heterocycles. The van der Waals surface area contributed by atoms with Gasteiger partial charge in [-0.1, -0.05) is 135 Å². The highest BCUT2D eigenvalue weighted by Gasteiger charge is 2.40. The Bertz CT molecular complexity index is 1980. The van der Waals surface area contributed by atoms with E-state index in [-0.39, 0.29) is 35.4 Å². The molecule has 0 aromatic rings. The zero-order valence-electron chi connectivity index (χ0n) is 35.7. The molecule has 1 aliphatic heterocycles. The highest BCUT2D eigenvalue weighted by Crippen LogP contribution is 2.44. The molecule has 0 fully saturated rings. The summed E-state index contributed by atoms with van der Waals surface area (Å²) in [5.74, 6) is -2.57. The van der Waals surface area contributed by atoms with Crippen LogP contribution in [0.5, 0.6) is 0 Å². The average molecular weight is 851 g/mol. The molecular formula is C46H60O11P2. The highest BCUT2D eigenvalue weighted by atomic mass is 31.2. The Balaban J connectivity index is 1.49. The number of hydrogen-bond donors (Lipinski definition) is 4. The van der Waals surface area contributed by atoms with E-state index in [2.05, 4.69) is 13.8 Å². The van der Waals surface area contributed by atoms with Gasteiger partial charge in [0.25, 0.3) is 0 Å². The molecule has 1 heterocycles. The summed E-state index contributed by atoms with van der Waals surface area (Å²) in [7, 11) is -3.02. The molecule has 4 N–H and O–H groups in total. The number of allylic oxidation sites excluding steroid dienone is 20. The number of ketones is 2. The Hall–Kier alpha value is -4.05. The van der Waals surface area contributed by atoms with Gasteiger partial charge in [-0.05, 0) is 87.5 Å². The number of cyclic esters (lactones) is 1. The van der Waals surface area contributed by atoms with Crippen LogP contribution in [0.3, 0.4) is 0 Å². The highest BCUT2D eigenvalue weighted by molar-refractivity contribution is 7.39. The molecule has 4 atom stereocenters. The maximum atomic E-state index is 13.2. The van der Waals surface area contributed by atoms with Crippen LogP contribution in [0.25, 0.3) is 0 Å². The molecule has 2 aliphatic carbocycles. The van der Waals surface area contributed by atoms with Crippen LogP contribution >= 0.6 is 17.6 Å². The summed E-state index contributed by atoms with van der Waals surface area (Å²) < 4.78 is 21.2. The normalized spacial score (nSPS) is 24.2. The predicted octanol–water partition coefficient (Wildman–Crippen LogP) is 10.3. The first-order chi connectivity index (χ1) is 27.6. The smallest absolute Gasteiger partial charge is 0.377 e. The lowest BCUT2D eigenvalue weighted by Crippen LogP contribution is -2.36. The van der Waals surface area contributed by atoms with Gasteiger partial charge >= 0.3 is 14.6 Å². The molecule has 0 aromatic heterocycles. The summed E-state index contributed by atoms with van der Waals surface area (Å²) in [5, 5.41) is 19.1. The minimum absolute atomic E-state index is 0.0922. The van der Waals surface area contributed by atoms with Crippen molar-refractivity contribution < 1.29 is 52.7 Å². The monoisotopic (exact) mass is 850 g/mol. The van der Waals surface area contributed by atoms with Crippen LogP contribution in [-0.4, -0.2) is 62.5 Å². The third-order valence-corrected chi connectivity index (χ3v) is 11.4. The van der Waals surface area contributed by atoms with E-state index in [9.17, 15) is 34.4 Å². The summed E-state index contributed by atoms with van der Waals surface area (Å²) >= 11 is 0. The Morgan fingerprint density at radius 3 is 1.63 bits per heavy atom. The molecule has 4 unspecified atom stereocenters. The first-order valence-electron chi connectivity index (χ1n) is 19.4. The van der Waals surface area contributed by atoms with E-state index in [0.717, 1.165) is 33.4 Å². The van der Waals surface area contributed by atoms with Gasteiger partial charge in [0.15, 0.2) is 32.5 Å². The largest absolute Gasteiger partial charge is 0.505 e. The Morgan fingerprint density at radius 2 is 1.17 bits per heavy atom. The predicted molar refractivity (Wildman–Crippen MR) is 235 cm³/mol. The van der Waals surface area contributed by atoms with Crippen LogP contribution in [0.15, 0.2) is 141 Å².